The van der Waals surface area contributed by atoms with E-state index in [0.717, 1.165) is 4.90 Å². The van der Waals surface area contributed by atoms with Gasteiger partial charge in [-0.15, -0.1) is 6.58 Å². The van der Waals surface area contributed by atoms with Crippen LogP contribution in [0.15, 0.2) is 54.6 Å². The highest BCUT2D eigenvalue weighted by Gasteiger charge is 2.36. The lowest BCUT2D eigenvalue weighted by atomic mass is 10.0. The number of benzene rings is 2. The first-order valence-electron chi connectivity index (χ1n) is 8.57. The van der Waals surface area contributed by atoms with Crippen LogP contribution in [0.1, 0.15) is 11.1 Å². The van der Waals surface area contributed by atoms with Gasteiger partial charge in [0.2, 0.25) is 0 Å². The van der Waals surface area contributed by atoms with Crippen molar-refractivity contribution in [2.24, 2.45) is 0 Å². The summed E-state index contributed by atoms with van der Waals surface area (Å²) in [5.41, 5.74) is 0.852. The lowest BCUT2D eigenvalue weighted by molar-refractivity contribution is -0.122. The van der Waals surface area contributed by atoms with Crippen molar-refractivity contribution in [3.05, 3.63) is 65.8 Å². The van der Waals surface area contributed by atoms with E-state index in [1.807, 2.05) is 0 Å². The molecule has 0 bridgehead atoms. The molecule has 1 saturated heterocycles. The van der Waals surface area contributed by atoms with Gasteiger partial charge in [-0.25, -0.2) is 9.69 Å². The molecule has 1 aliphatic heterocycles. The molecule has 3 N–H and O–H groups in total. The fraction of sp³-hybridized carbons (Fsp3) is 0.0952. The Morgan fingerprint density at radius 3 is 2.45 bits per heavy atom. The first-order chi connectivity index (χ1) is 13.8. The van der Waals surface area contributed by atoms with Gasteiger partial charge in [0.1, 0.15) is 11.3 Å². The van der Waals surface area contributed by atoms with E-state index >= 15 is 0 Å². The molecule has 1 fully saturated rings. The smallest absolute Gasteiger partial charge is 0.335 e. The van der Waals surface area contributed by atoms with Crippen molar-refractivity contribution in [2.45, 2.75) is 6.42 Å². The predicted molar refractivity (Wildman–Crippen MR) is 106 cm³/mol. The summed E-state index contributed by atoms with van der Waals surface area (Å²) in [6.07, 6.45) is 3.25. The van der Waals surface area contributed by atoms with Crippen LogP contribution < -0.4 is 15.0 Å². The van der Waals surface area contributed by atoms with Gasteiger partial charge in [-0.3, -0.25) is 14.9 Å². The molecule has 4 amide bonds. The van der Waals surface area contributed by atoms with Gasteiger partial charge < -0.3 is 14.9 Å². The number of nitrogens with zero attached hydrogens (tertiary/aromatic N) is 1. The maximum atomic E-state index is 12.9. The molecule has 8 nitrogen and oxygen atoms in total. The Balaban J connectivity index is 2.06. The van der Waals surface area contributed by atoms with E-state index in [2.05, 4.69) is 11.9 Å². The Labute approximate surface area is 166 Å². The number of phenols is 2. The fourth-order valence-corrected chi connectivity index (χ4v) is 2.90. The first-order valence-corrected chi connectivity index (χ1v) is 8.57. The minimum Gasteiger partial charge on any atom is -0.508 e. The zero-order chi connectivity index (χ0) is 21.1. The van der Waals surface area contributed by atoms with Crippen LogP contribution in [-0.2, 0) is 16.0 Å². The van der Waals surface area contributed by atoms with Crippen molar-refractivity contribution in [1.29, 1.82) is 0 Å². The topological polar surface area (TPSA) is 116 Å². The van der Waals surface area contributed by atoms with Crippen LogP contribution in [0, 0.1) is 0 Å². The van der Waals surface area contributed by atoms with Crippen LogP contribution in [0.2, 0.25) is 0 Å². The van der Waals surface area contributed by atoms with E-state index in [-0.39, 0.29) is 28.5 Å². The van der Waals surface area contributed by atoms with E-state index in [1.165, 1.54) is 43.5 Å². The molecular weight excluding hydrogens is 376 g/mol. The third-order valence-corrected chi connectivity index (χ3v) is 4.28. The largest absolute Gasteiger partial charge is 0.508 e. The Morgan fingerprint density at radius 1 is 1.14 bits per heavy atom. The zero-order valence-corrected chi connectivity index (χ0v) is 15.5. The molecule has 29 heavy (non-hydrogen) atoms. The van der Waals surface area contributed by atoms with Crippen molar-refractivity contribution >= 4 is 29.6 Å². The quantitative estimate of drug-likeness (QED) is 0.408. The number of phenolic OH excluding ortho intramolecular Hbond substituents is 2. The molecule has 0 spiro atoms. The van der Waals surface area contributed by atoms with Crippen molar-refractivity contribution in [1.82, 2.24) is 5.32 Å². The fourth-order valence-electron chi connectivity index (χ4n) is 2.90. The summed E-state index contributed by atoms with van der Waals surface area (Å²) >= 11 is 0. The van der Waals surface area contributed by atoms with Crippen LogP contribution in [0.3, 0.4) is 0 Å². The third kappa shape index (κ3) is 3.81. The summed E-state index contributed by atoms with van der Waals surface area (Å²) in [5.74, 6) is -1.58. The highest BCUT2D eigenvalue weighted by molar-refractivity contribution is 6.39. The van der Waals surface area contributed by atoms with Gasteiger partial charge in [-0.2, -0.15) is 0 Å². The maximum Gasteiger partial charge on any atom is 0.335 e. The van der Waals surface area contributed by atoms with E-state index in [0.29, 0.717) is 17.5 Å². The lowest BCUT2D eigenvalue weighted by Crippen LogP contribution is -2.54. The van der Waals surface area contributed by atoms with Gasteiger partial charge in [0, 0.05) is 5.56 Å². The number of barbiturate groups is 1. The third-order valence-electron chi connectivity index (χ3n) is 4.28. The minimum absolute atomic E-state index is 0.0311. The van der Waals surface area contributed by atoms with Crippen molar-refractivity contribution in [3.63, 3.8) is 0 Å². The zero-order valence-electron chi connectivity index (χ0n) is 15.5. The number of nitrogens with one attached hydrogen (secondary N) is 1. The van der Waals surface area contributed by atoms with Gasteiger partial charge in [-0.1, -0.05) is 6.08 Å². The Hall–Kier alpha value is -4.07. The molecule has 0 saturated carbocycles. The number of carbonyl (C=O) groups excluding carboxylic acids is 3. The van der Waals surface area contributed by atoms with Crippen LogP contribution in [0.25, 0.3) is 6.08 Å². The molecule has 0 atom stereocenters. The van der Waals surface area contributed by atoms with Crippen molar-refractivity contribution in [3.8, 4) is 17.2 Å². The standard InChI is InChI=1S/C21H18N2O6/c1-3-4-13-9-12(11-17(29-2)18(13)25)10-16-19(26)22-21(28)23(20(16)27)14-5-7-15(24)8-6-14/h3,5-11,24-25H,1,4H2,2H3,(H,22,26,28)/b16-10+. The van der Waals surface area contributed by atoms with Crippen LogP contribution in [0.5, 0.6) is 17.2 Å². The number of imide groups is 2. The average molecular weight is 394 g/mol. The number of carbonyl (C=O) groups is 3. The maximum absolute atomic E-state index is 12.9. The Kier molecular flexibility index (Phi) is 5.36. The van der Waals surface area contributed by atoms with Crippen LogP contribution >= 0.6 is 0 Å². The molecule has 0 aromatic heterocycles. The van der Waals surface area contributed by atoms with Gasteiger partial charge in [0.05, 0.1) is 12.8 Å². The van der Waals surface area contributed by atoms with E-state index in [1.54, 1.807) is 12.1 Å². The van der Waals surface area contributed by atoms with Gasteiger partial charge in [0.15, 0.2) is 11.5 Å². The molecule has 148 valence electrons. The second-order valence-corrected chi connectivity index (χ2v) is 6.20. The summed E-state index contributed by atoms with van der Waals surface area (Å²) in [5, 5.41) is 21.7. The lowest BCUT2D eigenvalue weighted by Gasteiger charge is -2.26. The number of hydrogen-bond donors (Lipinski definition) is 3. The van der Waals surface area contributed by atoms with Crippen LogP contribution in [0.4, 0.5) is 10.5 Å². The highest BCUT2D eigenvalue weighted by Crippen LogP contribution is 2.33. The second-order valence-electron chi connectivity index (χ2n) is 6.20. The minimum atomic E-state index is -0.890. The van der Waals surface area contributed by atoms with Gasteiger partial charge in [0.25, 0.3) is 11.8 Å². The van der Waals surface area contributed by atoms with E-state index in [9.17, 15) is 24.6 Å². The number of amides is 4. The molecule has 0 aliphatic carbocycles. The number of anilines is 1. The van der Waals surface area contributed by atoms with E-state index in [4.69, 9.17) is 4.74 Å². The molecular formula is C21H18N2O6. The number of ether oxygens (including phenoxy) is 1. The summed E-state index contributed by atoms with van der Waals surface area (Å²) in [6, 6.07) is 7.58. The number of methoxy groups -OCH3 is 1. The van der Waals surface area contributed by atoms with Gasteiger partial charge in [-0.05, 0) is 54.5 Å². The Bertz CT molecular complexity index is 1040. The van der Waals surface area contributed by atoms with Crippen LogP contribution in [-0.4, -0.2) is 35.2 Å². The summed E-state index contributed by atoms with van der Waals surface area (Å²) in [6.45, 7) is 3.63. The molecule has 0 unspecified atom stereocenters. The highest BCUT2D eigenvalue weighted by atomic mass is 16.5. The normalized spacial score (nSPS) is 15.4. The van der Waals surface area contributed by atoms with Crippen molar-refractivity contribution < 1.29 is 29.3 Å². The Morgan fingerprint density at radius 2 is 1.83 bits per heavy atom. The number of rotatable bonds is 5. The number of allylic oxidation sites excluding steroid dienone is 1. The molecule has 0 radical (unpaired) electrons. The summed E-state index contributed by atoms with van der Waals surface area (Å²) < 4.78 is 5.15. The summed E-state index contributed by atoms with van der Waals surface area (Å²) in [7, 11) is 1.38. The number of urea groups is 1. The molecule has 1 aliphatic rings. The van der Waals surface area contributed by atoms with Crippen molar-refractivity contribution in [2.75, 3.05) is 12.0 Å². The molecule has 1 heterocycles. The molecule has 3 rings (SSSR count). The second kappa shape index (κ2) is 7.89. The summed E-state index contributed by atoms with van der Waals surface area (Å²) in [4.78, 5) is 38.2. The number of hydrogen-bond acceptors (Lipinski definition) is 6. The predicted octanol–water partition coefficient (Wildman–Crippen LogP) is 2.50. The monoisotopic (exact) mass is 394 g/mol. The first kappa shape index (κ1) is 19.7. The van der Waals surface area contributed by atoms with E-state index < -0.39 is 17.8 Å². The average Bonchev–Trinajstić information content (AvgIpc) is 2.68. The van der Waals surface area contributed by atoms with Gasteiger partial charge >= 0.3 is 6.03 Å². The molecule has 2 aromatic rings. The number of aromatic hydroxyl groups is 2. The molecule has 2 aromatic carbocycles. The SMILES string of the molecule is C=CCc1cc(/C=C2\C(=O)NC(=O)N(c3ccc(O)cc3)C2=O)cc(OC)c1O. The molecule has 8 heteroatoms.